The first-order valence-corrected chi connectivity index (χ1v) is 13.3. The van der Waals surface area contributed by atoms with Crippen molar-refractivity contribution in [2.45, 2.75) is 49.4 Å². The van der Waals surface area contributed by atoms with Gasteiger partial charge in [-0.05, 0) is 61.4 Å². The van der Waals surface area contributed by atoms with Crippen LogP contribution in [0.2, 0.25) is 0 Å². The van der Waals surface area contributed by atoms with Gasteiger partial charge < -0.3 is 10.1 Å². The summed E-state index contributed by atoms with van der Waals surface area (Å²) < 4.78 is 75.0. The Morgan fingerprint density at radius 1 is 1.25 bits per heavy atom. The molecule has 36 heavy (non-hydrogen) atoms. The number of pyridine rings is 1. The first-order valence-electron chi connectivity index (χ1n) is 11.4. The lowest BCUT2D eigenvalue weighted by Gasteiger charge is -2.31. The number of carbonyl (C=O) groups excluding carboxylic acids is 1. The molecule has 2 saturated carbocycles. The highest BCUT2D eigenvalue weighted by Crippen LogP contribution is 2.37. The minimum Gasteiger partial charge on any atom is -0.430 e. The maximum Gasteiger partial charge on any atom is 0.418 e. The molecule has 1 amide bonds. The number of nitriles is 1. The molecular formula is C24H25F3N4O4S. The van der Waals surface area contributed by atoms with E-state index < -0.39 is 51.0 Å². The lowest BCUT2D eigenvalue weighted by Crippen LogP contribution is -2.56. The Labute approximate surface area is 206 Å². The van der Waals surface area contributed by atoms with Crippen LogP contribution in [0.1, 0.15) is 37.3 Å². The number of sulfone groups is 1. The zero-order valence-corrected chi connectivity index (χ0v) is 20.0. The summed E-state index contributed by atoms with van der Waals surface area (Å²) in [6, 6.07) is 5.09. The maximum atomic E-state index is 15.5. The number of amides is 1. The molecule has 1 heterocycles. The molecule has 0 spiro atoms. The van der Waals surface area contributed by atoms with Crippen LogP contribution in [-0.4, -0.2) is 48.5 Å². The van der Waals surface area contributed by atoms with Gasteiger partial charge in [0.1, 0.15) is 29.2 Å². The van der Waals surface area contributed by atoms with Gasteiger partial charge in [-0.1, -0.05) is 12.1 Å². The van der Waals surface area contributed by atoms with Gasteiger partial charge in [-0.15, -0.1) is 0 Å². The molecule has 1 aromatic heterocycles. The lowest BCUT2D eigenvalue weighted by atomic mass is 10.0. The molecule has 0 radical (unpaired) electrons. The Bertz CT molecular complexity index is 1230. The highest BCUT2D eigenvalue weighted by molar-refractivity contribution is 7.91. The maximum absolute atomic E-state index is 15.5. The molecule has 1 unspecified atom stereocenters. The Morgan fingerprint density at radius 2 is 1.94 bits per heavy atom. The number of nitrogens with one attached hydrogen (secondary N) is 2. The highest BCUT2D eigenvalue weighted by atomic mass is 32.2. The van der Waals surface area contributed by atoms with Gasteiger partial charge in [0.05, 0.1) is 23.8 Å². The van der Waals surface area contributed by atoms with E-state index in [1.54, 1.807) is 0 Å². The third kappa shape index (κ3) is 6.73. The molecule has 8 nitrogen and oxygen atoms in total. The van der Waals surface area contributed by atoms with Crippen LogP contribution in [0.15, 0.2) is 48.8 Å². The fourth-order valence-corrected chi connectivity index (χ4v) is 5.69. The van der Waals surface area contributed by atoms with E-state index in [4.69, 9.17) is 4.74 Å². The van der Waals surface area contributed by atoms with E-state index in [0.29, 0.717) is 12.8 Å². The lowest BCUT2D eigenvalue weighted by molar-refractivity contribution is -0.202. The number of hydrogen-bond acceptors (Lipinski definition) is 7. The zero-order valence-electron chi connectivity index (χ0n) is 19.2. The molecule has 1 aromatic carbocycles. The van der Waals surface area contributed by atoms with Crippen molar-refractivity contribution in [1.29, 1.82) is 5.26 Å². The number of alkyl halides is 2. The van der Waals surface area contributed by atoms with Crippen molar-refractivity contribution in [2.75, 3.05) is 11.5 Å². The number of halogens is 3. The van der Waals surface area contributed by atoms with Crippen LogP contribution < -0.4 is 15.4 Å². The van der Waals surface area contributed by atoms with Crippen LogP contribution in [0, 0.1) is 23.1 Å². The topological polar surface area (TPSA) is 121 Å². The third-order valence-electron chi connectivity index (χ3n) is 6.05. The average molecular weight is 523 g/mol. The normalized spacial score (nSPS) is 18.5. The summed E-state index contributed by atoms with van der Waals surface area (Å²) in [7, 11) is -3.81. The van der Waals surface area contributed by atoms with Crippen LogP contribution >= 0.6 is 0 Å². The predicted molar refractivity (Wildman–Crippen MR) is 123 cm³/mol. The van der Waals surface area contributed by atoms with Crippen molar-refractivity contribution in [3.63, 3.8) is 0 Å². The summed E-state index contributed by atoms with van der Waals surface area (Å²) >= 11 is 0. The van der Waals surface area contributed by atoms with Crippen LogP contribution in [0.3, 0.4) is 0 Å². The molecule has 4 rings (SSSR count). The summed E-state index contributed by atoms with van der Waals surface area (Å²) in [6.07, 6.45) is 0.675. The van der Waals surface area contributed by atoms with E-state index in [1.165, 1.54) is 18.3 Å². The van der Waals surface area contributed by atoms with Crippen LogP contribution in [0.4, 0.5) is 13.2 Å². The van der Waals surface area contributed by atoms with Crippen molar-refractivity contribution < 1.29 is 31.1 Å². The summed E-state index contributed by atoms with van der Waals surface area (Å²) in [5.74, 6) is -2.75. The van der Waals surface area contributed by atoms with Crippen molar-refractivity contribution in [1.82, 2.24) is 15.6 Å². The van der Waals surface area contributed by atoms with Gasteiger partial charge in [-0.2, -0.15) is 14.0 Å². The molecule has 2 fully saturated rings. The summed E-state index contributed by atoms with van der Waals surface area (Å²) in [5, 5.41) is 14.3. The molecule has 2 aromatic rings. The van der Waals surface area contributed by atoms with Crippen LogP contribution in [0.5, 0.6) is 5.75 Å². The number of rotatable bonds is 12. The van der Waals surface area contributed by atoms with Gasteiger partial charge in [0, 0.05) is 6.20 Å². The first kappa shape index (κ1) is 25.9. The number of benzene rings is 1. The Morgan fingerprint density at radius 3 is 2.50 bits per heavy atom. The molecule has 2 aliphatic rings. The van der Waals surface area contributed by atoms with Gasteiger partial charge >= 0.3 is 6.11 Å². The first-order chi connectivity index (χ1) is 17.0. The minimum absolute atomic E-state index is 0.0177. The number of aromatic nitrogens is 1. The molecule has 12 heteroatoms. The highest BCUT2D eigenvalue weighted by Gasteiger charge is 2.49. The van der Waals surface area contributed by atoms with E-state index in [0.717, 1.165) is 43.3 Å². The fourth-order valence-electron chi connectivity index (χ4n) is 3.75. The SMILES string of the molecule is N#CC1(NC(=O)C(CS(=O)(=O)CC2CC2)N[C@H](c2ccc(F)cc2)C(F)(F)Oc2cccnc2)CC1. The molecule has 2 N–H and O–H groups in total. The standard InChI is InChI=1S/C24H25F3N4O4S/c25-18-7-5-17(6-8-18)21(24(26,27)35-19-2-1-11-29-12-19)30-20(14-36(33,34)13-16-3-4-16)22(32)31-23(15-28)9-10-23/h1-2,5-8,11-12,16,20-21,30H,3-4,9-10,13-14H2,(H,31,32)/t20?,21-/m1/s1. The second-order valence-electron chi connectivity index (χ2n) is 9.26. The van der Waals surface area contributed by atoms with E-state index in [1.807, 2.05) is 6.07 Å². The van der Waals surface area contributed by atoms with Gasteiger partial charge in [0.2, 0.25) is 5.91 Å². The number of hydrogen-bond donors (Lipinski definition) is 2. The largest absolute Gasteiger partial charge is 0.430 e. The van der Waals surface area contributed by atoms with Crippen molar-refractivity contribution in [3.8, 4) is 11.8 Å². The van der Waals surface area contributed by atoms with Crippen LogP contribution in [0.25, 0.3) is 0 Å². The molecule has 0 aliphatic heterocycles. The number of carbonyl (C=O) groups is 1. The summed E-state index contributed by atoms with van der Waals surface area (Å²) in [6.45, 7) is 0. The van der Waals surface area contributed by atoms with Gasteiger partial charge in [-0.25, -0.2) is 12.8 Å². The third-order valence-corrected chi connectivity index (χ3v) is 7.87. The Balaban J connectivity index is 1.65. The van der Waals surface area contributed by atoms with Gasteiger partial charge in [0.15, 0.2) is 9.84 Å². The predicted octanol–water partition coefficient (Wildman–Crippen LogP) is 2.89. The second-order valence-corrected chi connectivity index (χ2v) is 11.4. The molecule has 0 bridgehead atoms. The summed E-state index contributed by atoms with van der Waals surface area (Å²) in [4.78, 5) is 16.8. The average Bonchev–Trinajstić information content (AvgIpc) is 3.75. The van der Waals surface area contributed by atoms with E-state index in [2.05, 4.69) is 15.6 Å². The quantitative estimate of drug-likeness (QED) is 0.440. The fraction of sp³-hybridized carbons (Fsp3) is 0.458. The van der Waals surface area contributed by atoms with Crippen molar-refractivity contribution in [3.05, 3.63) is 60.2 Å². The van der Waals surface area contributed by atoms with E-state index in [-0.39, 0.29) is 23.0 Å². The Kier molecular flexibility index (Phi) is 7.24. The van der Waals surface area contributed by atoms with Crippen molar-refractivity contribution >= 4 is 15.7 Å². The molecular weight excluding hydrogens is 497 g/mol. The zero-order chi connectivity index (χ0) is 26.0. The van der Waals surface area contributed by atoms with E-state index >= 15 is 8.78 Å². The minimum atomic E-state index is -4.01. The Hall–Kier alpha value is -3.17. The number of ether oxygens (including phenoxy) is 1. The monoisotopic (exact) mass is 522 g/mol. The molecule has 192 valence electrons. The number of nitrogens with zero attached hydrogens (tertiary/aromatic N) is 2. The van der Waals surface area contributed by atoms with Gasteiger partial charge in [0.25, 0.3) is 0 Å². The van der Waals surface area contributed by atoms with E-state index in [9.17, 15) is 22.9 Å². The summed E-state index contributed by atoms with van der Waals surface area (Å²) in [5.41, 5.74) is -1.28. The molecule has 0 saturated heterocycles. The van der Waals surface area contributed by atoms with Crippen LogP contribution in [-0.2, 0) is 14.6 Å². The van der Waals surface area contributed by atoms with Gasteiger partial charge in [-0.3, -0.25) is 15.1 Å². The smallest absolute Gasteiger partial charge is 0.418 e. The van der Waals surface area contributed by atoms with Crippen molar-refractivity contribution in [2.24, 2.45) is 5.92 Å². The second kappa shape index (κ2) is 10.1. The molecule has 2 atom stereocenters. The molecule has 2 aliphatic carbocycles.